The number of aliphatic carboxylic acids is 1. The Labute approximate surface area is 105 Å². The minimum Gasteiger partial charge on any atom is -0.481 e. The molecule has 2 atom stereocenters. The molecular formula is C11H18N2O5. The van der Waals surface area contributed by atoms with Crippen molar-refractivity contribution >= 4 is 18.0 Å². The van der Waals surface area contributed by atoms with Crippen molar-refractivity contribution in [1.29, 1.82) is 0 Å². The van der Waals surface area contributed by atoms with E-state index in [2.05, 4.69) is 10.1 Å². The van der Waals surface area contributed by atoms with Gasteiger partial charge in [-0.25, -0.2) is 4.79 Å². The molecule has 102 valence electrons. The number of nitrogens with one attached hydrogen (secondary N) is 1. The number of nitrogens with two attached hydrogens (primary N) is 1. The first-order chi connectivity index (χ1) is 8.52. The fraction of sp³-hybridized carbons (Fsp3) is 0.727. The van der Waals surface area contributed by atoms with Crippen molar-refractivity contribution < 1.29 is 24.2 Å². The molecule has 18 heavy (non-hydrogen) atoms. The summed E-state index contributed by atoms with van der Waals surface area (Å²) in [6.07, 6.45) is 1.92. The van der Waals surface area contributed by atoms with Gasteiger partial charge in [-0.05, 0) is 12.8 Å². The molecule has 0 spiro atoms. The van der Waals surface area contributed by atoms with E-state index in [-0.39, 0.29) is 19.1 Å². The fourth-order valence-corrected chi connectivity index (χ4v) is 2.20. The molecule has 2 unspecified atom stereocenters. The number of primary amides is 1. The van der Waals surface area contributed by atoms with Crippen molar-refractivity contribution in [2.24, 2.45) is 17.6 Å². The summed E-state index contributed by atoms with van der Waals surface area (Å²) < 4.78 is 4.46. The van der Waals surface area contributed by atoms with Crippen LogP contribution in [0.25, 0.3) is 0 Å². The predicted octanol–water partition coefficient (Wildman–Crippen LogP) is 0.0889. The van der Waals surface area contributed by atoms with E-state index in [4.69, 9.17) is 10.8 Å². The molecule has 0 aromatic heterocycles. The minimum absolute atomic E-state index is 0.00840. The van der Waals surface area contributed by atoms with Gasteiger partial charge in [0.2, 0.25) is 5.91 Å². The number of carbonyl (C=O) groups is 3. The largest absolute Gasteiger partial charge is 0.481 e. The molecule has 0 aromatic carbocycles. The number of amides is 2. The predicted molar refractivity (Wildman–Crippen MR) is 61.6 cm³/mol. The Morgan fingerprint density at radius 2 is 1.83 bits per heavy atom. The summed E-state index contributed by atoms with van der Waals surface area (Å²) in [7, 11) is 0. The number of ether oxygens (including phenoxy) is 1. The first-order valence-electron chi connectivity index (χ1n) is 5.95. The fourth-order valence-electron chi connectivity index (χ4n) is 2.20. The monoisotopic (exact) mass is 258 g/mol. The molecule has 0 bridgehead atoms. The van der Waals surface area contributed by atoms with Crippen LogP contribution in [0.3, 0.4) is 0 Å². The van der Waals surface area contributed by atoms with Crippen LogP contribution < -0.4 is 11.1 Å². The summed E-state index contributed by atoms with van der Waals surface area (Å²) in [4.78, 5) is 33.1. The highest BCUT2D eigenvalue weighted by Gasteiger charge is 2.35. The maximum absolute atomic E-state index is 11.8. The van der Waals surface area contributed by atoms with Crippen LogP contribution in [0.4, 0.5) is 4.79 Å². The van der Waals surface area contributed by atoms with Crippen LogP contribution in [0.2, 0.25) is 0 Å². The second-order valence-corrected chi connectivity index (χ2v) is 4.29. The van der Waals surface area contributed by atoms with Crippen LogP contribution in [0.15, 0.2) is 0 Å². The van der Waals surface area contributed by atoms with Gasteiger partial charge in [-0.2, -0.15) is 0 Å². The molecule has 1 aliphatic rings. The van der Waals surface area contributed by atoms with Crippen LogP contribution in [-0.2, 0) is 14.3 Å². The number of carbonyl (C=O) groups excluding carboxylic acids is 2. The molecule has 7 nitrogen and oxygen atoms in total. The lowest BCUT2D eigenvalue weighted by Crippen LogP contribution is -2.41. The molecule has 1 rings (SSSR count). The van der Waals surface area contributed by atoms with Crippen molar-refractivity contribution in [2.45, 2.75) is 25.7 Å². The van der Waals surface area contributed by atoms with Crippen LogP contribution >= 0.6 is 0 Å². The smallest absolute Gasteiger partial charge is 0.404 e. The van der Waals surface area contributed by atoms with Gasteiger partial charge in [0.25, 0.3) is 0 Å². The molecule has 0 radical (unpaired) electrons. The third-order valence-corrected chi connectivity index (χ3v) is 3.07. The molecule has 0 aromatic rings. The lowest BCUT2D eigenvalue weighted by atomic mass is 9.79. The topological polar surface area (TPSA) is 119 Å². The zero-order valence-electron chi connectivity index (χ0n) is 10.1. The molecule has 7 heteroatoms. The quantitative estimate of drug-likeness (QED) is 0.604. The van der Waals surface area contributed by atoms with E-state index in [0.717, 1.165) is 12.8 Å². The Morgan fingerprint density at radius 3 is 2.39 bits per heavy atom. The third kappa shape index (κ3) is 4.23. The zero-order chi connectivity index (χ0) is 13.5. The van der Waals surface area contributed by atoms with Crippen molar-refractivity contribution in [3.63, 3.8) is 0 Å². The van der Waals surface area contributed by atoms with Gasteiger partial charge in [0.1, 0.15) is 6.61 Å². The Kier molecular flexibility index (Phi) is 5.41. The highest BCUT2D eigenvalue weighted by atomic mass is 16.5. The summed E-state index contributed by atoms with van der Waals surface area (Å²) >= 11 is 0. The summed E-state index contributed by atoms with van der Waals surface area (Å²) in [6.45, 7) is 0.135. The molecule has 0 saturated heterocycles. The number of hydrogen-bond donors (Lipinski definition) is 3. The SMILES string of the molecule is NC(=O)OCCNC(=O)C1CCCCC1C(=O)O. The maximum Gasteiger partial charge on any atom is 0.404 e. The van der Waals surface area contributed by atoms with Crippen LogP contribution in [0.5, 0.6) is 0 Å². The number of carboxylic acids is 1. The second kappa shape index (κ2) is 6.83. The lowest BCUT2D eigenvalue weighted by molar-refractivity contribution is -0.148. The summed E-state index contributed by atoms with van der Waals surface area (Å²) in [6, 6.07) is 0. The molecule has 0 heterocycles. The van der Waals surface area contributed by atoms with Gasteiger partial charge < -0.3 is 20.9 Å². The van der Waals surface area contributed by atoms with E-state index in [9.17, 15) is 14.4 Å². The summed E-state index contributed by atoms with van der Waals surface area (Å²) in [5, 5.41) is 11.6. The highest BCUT2D eigenvalue weighted by Crippen LogP contribution is 2.30. The van der Waals surface area contributed by atoms with Crippen molar-refractivity contribution in [3.05, 3.63) is 0 Å². The maximum atomic E-state index is 11.8. The average molecular weight is 258 g/mol. The van der Waals surface area contributed by atoms with Crippen molar-refractivity contribution in [2.75, 3.05) is 13.2 Å². The first-order valence-corrected chi connectivity index (χ1v) is 5.95. The second-order valence-electron chi connectivity index (χ2n) is 4.29. The van der Waals surface area contributed by atoms with E-state index in [1.54, 1.807) is 0 Å². The van der Waals surface area contributed by atoms with Crippen LogP contribution in [0.1, 0.15) is 25.7 Å². The lowest BCUT2D eigenvalue weighted by Gasteiger charge is -2.27. The van der Waals surface area contributed by atoms with Crippen LogP contribution in [-0.4, -0.2) is 36.2 Å². The van der Waals surface area contributed by atoms with E-state index in [0.29, 0.717) is 12.8 Å². The Morgan fingerprint density at radius 1 is 1.22 bits per heavy atom. The Bertz CT molecular complexity index is 331. The molecule has 2 amide bonds. The summed E-state index contributed by atoms with van der Waals surface area (Å²) in [5.74, 6) is -2.33. The van der Waals surface area contributed by atoms with Crippen LogP contribution in [0, 0.1) is 11.8 Å². The summed E-state index contributed by atoms with van der Waals surface area (Å²) in [5.41, 5.74) is 4.76. The normalized spacial score (nSPS) is 23.1. The van der Waals surface area contributed by atoms with E-state index in [1.807, 2.05) is 0 Å². The molecule has 1 saturated carbocycles. The molecule has 0 aliphatic heterocycles. The molecule has 1 aliphatic carbocycles. The van der Waals surface area contributed by atoms with Gasteiger partial charge in [-0.1, -0.05) is 12.8 Å². The number of hydrogen-bond acceptors (Lipinski definition) is 4. The van der Waals surface area contributed by atoms with Gasteiger partial charge in [-0.3, -0.25) is 9.59 Å². The van der Waals surface area contributed by atoms with Gasteiger partial charge in [0, 0.05) is 0 Å². The third-order valence-electron chi connectivity index (χ3n) is 3.07. The van der Waals surface area contributed by atoms with Gasteiger partial charge >= 0.3 is 12.1 Å². The van der Waals surface area contributed by atoms with Gasteiger partial charge in [0.05, 0.1) is 18.4 Å². The van der Waals surface area contributed by atoms with Gasteiger partial charge in [-0.15, -0.1) is 0 Å². The van der Waals surface area contributed by atoms with E-state index in [1.165, 1.54) is 0 Å². The highest BCUT2D eigenvalue weighted by molar-refractivity contribution is 5.84. The average Bonchev–Trinajstić information content (AvgIpc) is 2.34. The molecule has 4 N–H and O–H groups in total. The molecular weight excluding hydrogens is 240 g/mol. The number of carboxylic acid groups (broad SMARTS) is 1. The van der Waals surface area contributed by atoms with Gasteiger partial charge in [0.15, 0.2) is 0 Å². The molecule has 1 fully saturated rings. The van der Waals surface area contributed by atoms with Crippen molar-refractivity contribution in [3.8, 4) is 0 Å². The Balaban J connectivity index is 2.38. The van der Waals surface area contributed by atoms with Crippen molar-refractivity contribution in [1.82, 2.24) is 5.32 Å². The standard InChI is InChI=1S/C11H18N2O5/c12-11(17)18-6-5-13-9(14)7-3-1-2-4-8(7)10(15)16/h7-8H,1-6H2,(H2,12,17)(H,13,14)(H,15,16). The zero-order valence-corrected chi connectivity index (χ0v) is 10.1. The minimum atomic E-state index is -0.928. The Hall–Kier alpha value is -1.79. The first kappa shape index (κ1) is 14.3. The number of rotatable bonds is 5. The van der Waals surface area contributed by atoms with E-state index >= 15 is 0 Å². The van der Waals surface area contributed by atoms with E-state index < -0.39 is 23.9 Å².